The maximum absolute atomic E-state index is 6.14. The van der Waals surface area contributed by atoms with Gasteiger partial charge in [0.05, 0.1) is 6.61 Å². The summed E-state index contributed by atoms with van der Waals surface area (Å²) in [6.07, 6.45) is 2.41. The second-order valence-electron chi connectivity index (χ2n) is 5.51. The quantitative estimate of drug-likeness (QED) is 0.880. The molecule has 1 N–H and O–H groups in total. The molecule has 110 valence electrons. The topological polar surface area (TPSA) is 21.3 Å². The molecule has 2 aromatic rings. The monoisotopic (exact) mass is 345 g/mol. The summed E-state index contributed by atoms with van der Waals surface area (Å²) in [5.41, 5.74) is 2.35. The molecule has 0 atom stereocenters. The molecule has 1 heterocycles. The molecule has 0 unspecified atom stereocenters. The third-order valence-electron chi connectivity index (χ3n) is 3.96. The van der Waals surface area contributed by atoms with Crippen LogP contribution >= 0.6 is 15.9 Å². The maximum Gasteiger partial charge on any atom is 0.127 e. The van der Waals surface area contributed by atoms with E-state index in [4.69, 9.17) is 4.74 Å². The number of piperidine rings is 1. The molecule has 0 amide bonds. The molecule has 3 heteroatoms. The van der Waals surface area contributed by atoms with E-state index in [0.29, 0.717) is 5.92 Å². The Balaban J connectivity index is 1.78. The molecule has 0 saturated carbocycles. The Morgan fingerprint density at radius 3 is 2.57 bits per heavy atom. The van der Waals surface area contributed by atoms with Gasteiger partial charge in [-0.1, -0.05) is 46.3 Å². The average molecular weight is 346 g/mol. The highest BCUT2D eigenvalue weighted by Gasteiger charge is 2.15. The number of hydrogen-bond acceptors (Lipinski definition) is 2. The Labute approximate surface area is 134 Å². The van der Waals surface area contributed by atoms with E-state index in [9.17, 15) is 0 Å². The van der Waals surface area contributed by atoms with Crippen molar-refractivity contribution in [1.29, 1.82) is 0 Å². The van der Waals surface area contributed by atoms with Crippen LogP contribution < -0.4 is 10.1 Å². The summed E-state index contributed by atoms with van der Waals surface area (Å²) in [6, 6.07) is 16.7. The van der Waals surface area contributed by atoms with E-state index >= 15 is 0 Å². The predicted molar refractivity (Wildman–Crippen MR) is 90.7 cm³/mol. The molecule has 0 spiro atoms. The molecule has 1 fully saturated rings. The van der Waals surface area contributed by atoms with Crippen LogP contribution in [0.5, 0.6) is 5.75 Å². The summed E-state index contributed by atoms with van der Waals surface area (Å²) in [6.45, 7) is 3.03. The summed E-state index contributed by atoms with van der Waals surface area (Å²) in [4.78, 5) is 0. The number of halogens is 1. The molecule has 1 saturated heterocycles. The second kappa shape index (κ2) is 7.10. The van der Waals surface area contributed by atoms with Crippen LogP contribution in [-0.4, -0.2) is 19.7 Å². The number of rotatable bonds is 4. The van der Waals surface area contributed by atoms with Crippen LogP contribution in [0, 0.1) is 5.92 Å². The van der Waals surface area contributed by atoms with Gasteiger partial charge in [-0.25, -0.2) is 0 Å². The van der Waals surface area contributed by atoms with Crippen LogP contribution in [0.1, 0.15) is 12.8 Å². The zero-order valence-electron chi connectivity index (χ0n) is 12.0. The van der Waals surface area contributed by atoms with Crippen molar-refractivity contribution >= 4 is 15.9 Å². The van der Waals surface area contributed by atoms with Gasteiger partial charge in [-0.15, -0.1) is 0 Å². The van der Waals surface area contributed by atoms with Crippen LogP contribution in [0.25, 0.3) is 11.1 Å². The third kappa shape index (κ3) is 3.86. The predicted octanol–water partition coefficient (Wildman–Crippen LogP) is 4.49. The standard InChI is InChI=1S/C18H20BrNO/c19-16-6-7-18(21-13-14-8-10-20-11-9-14)17(12-16)15-4-2-1-3-5-15/h1-7,12,14,20H,8-11,13H2. The molecule has 2 nitrogen and oxygen atoms in total. The molecule has 0 radical (unpaired) electrons. The summed E-state index contributed by atoms with van der Waals surface area (Å²) < 4.78 is 7.22. The van der Waals surface area contributed by atoms with E-state index in [1.807, 2.05) is 12.1 Å². The number of nitrogens with one attached hydrogen (secondary N) is 1. The molecular formula is C18H20BrNO. The molecule has 21 heavy (non-hydrogen) atoms. The minimum absolute atomic E-state index is 0.665. The van der Waals surface area contributed by atoms with Gasteiger partial charge in [-0.3, -0.25) is 0 Å². The molecule has 1 aliphatic rings. The van der Waals surface area contributed by atoms with Crippen LogP contribution in [0.3, 0.4) is 0 Å². The van der Waals surface area contributed by atoms with Crippen molar-refractivity contribution in [2.75, 3.05) is 19.7 Å². The fourth-order valence-electron chi connectivity index (χ4n) is 2.73. The van der Waals surface area contributed by atoms with E-state index < -0.39 is 0 Å². The van der Waals surface area contributed by atoms with Crippen LogP contribution in [0.4, 0.5) is 0 Å². The summed E-state index contributed by atoms with van der Waals surface area (Å²) in [5.74, 6) is 1.64. The molecular weight excluding hydrogens is 326 g/mol. The zero-order chi connectivity index (χ0) is 14.5. The first-order chi connectivity index (χ1) is 10.3. The second-order valence-corrected chi connectivity index (χ2v) is 6.43. The van der Waals surface area contributed by atoms with Gasteiger partial charge in [-0.2, -0.15) is 0 Å². The van der Waals surface area contributed by atoms with Crippen LogP contribution in [0.15, 0.2) is 53.0 Å². The fraction of sp³-hybridized carbons (Fsp3) is 0.333. The highest BCUT2D eigenvalue weighted by molar-refractivity contribution is 9.10. The molecule has 1 aliphatic heterocycles. The highest BCUT2D eigenvalue weighted by Crippen LogP contribution is 2.33. The average Bonchev–Trinajstić information content (AvgIpc) is 2.55. The summed E-state index contributed by atoms with van der Waals surface area (Å²) >= 11 is 3.56. The Morgan fingerprint density at radius 2 is 1.81 bits per heavy atom. The summed E-state index contributed by atoms with van der Waals surface area (Å²) in [5, 5.41) is 3.40. The smallest absolute Gasteiger partial charge is 0.127 e. The lowest BCUT2D eigenvalue weighted by Crippen LogP contribution is -2.30. The van der Waals surface area contributed by atoms with Crippen molar-refractivity contribution in [3.05, 3.63) is 53.0 Å². The van der Waals surface area contributed by atoms with Gasteiger partial charge in [0.2, 0.25) is 0 Å². The van der Waals surface area contributed by atoms with Gasteiger partial charge in [0.1, 0.15) is 5.75 Å². The van der Waals surface area contributed by atoms with Gasteiger partial charge in [0.25, 0.3) is 0 Å². The lowest BCUT2D eigenvalue weighted by molar-refractivity contribution is 0.216. The fourth-order valence-corrected chi connectivity index (χ4v) is 3.09. The first-order valence-corrected chi connectivity index (χ1v) is 8.31. The SMILES string of the molecule is Brc1ccc(OCC2CCNCC2)c(-c2ccccc2)c1. The molecule has 3 rings (SSSR count). The third-order valence-corrected chi connectivity index (χ3v) is 4.45. The van der Waals surface area contributed by atoms with Crippen molar-refractivity contribution in [2.45, 2.75) is 12.8 Å². The van der Waals surface area contributed by atoms with Gasteiger partial charge in [0, 0.05) is 10.0 Å². The summed E-state index contributed by atoms with van der Waals surface area (Å²) in [7, 11) is 0. The Morgan fingerprint density at radius 1 is 1.05 bits per heavy atom. The van der Waals surface area contributed by atoms with E-state index in [-0.39, 0.29) is 0 Å². The van der Waals surface area contributed by atoms with Crippen molar-refractivity contribution in [1.82, 2.24) is 5.32 Å². The number of ether oxygens (including phenoxy) is 1. The van der Waals surface area contributed by atoms with E-state index in [1.54, 1.807) is 0 Å². The molecule has 0 aliphatic carbocycles. The number of benzene rings is 2. The van der Waals surface area contributed by atoms with Gasteiger partial charge < -0.3 is 10.1 Å². The first-order valence-electron chi connectivity index (χ1n) is 7.51. The maximum atomic E-state index is 6.14. The van der Waals surface area contributed by atoms with Crippen molar-refractivity contribution in [3.8, 4) is 16.9 Å². The largest absolute Gasteiger partial charge is 0.493 e. The van der Waals surface area contributed by atoms with E-state index in [0.717, 1.165) is 35.5 Å². The molecule has 0 bridgehead atoms. The van der Waals surface area contributed by atoms with Gasteiger partial charge >= 0.3 is 0 Å². The first kappa shape index (κ1) is 14.6. The minimum Gasteiger partial charge on any atom is -0.493 e. The molecule has 0 aromatic heterocycles. The normalized spacial score (nSPS) is 15.9. The van der Waals surface area contributed by atoms with Crippen molar-refractivity contribution < 1.29 is 4.74 Å². The minimum atomic E-state index is 0.665. The van der Waals surface area contributed by atoms with Crippen molar-refractivity contribution in [2.24, 2.45) is 5.92 Å². The Kier molecular flexibility index (Phi) is 4.94. The van der Waals surface area contributed by atoms with Crippen molar-refractivity contribution in [3.63, 3.8) is 0 Å². The van der Waals surface area contributed by atoms with Gasteiger partial charge in [-0.05, 0) is 55.6 Å². The van der Waals surface area contributed by atoms with E-state index in [2.05, 4.69) is 57.6 Å². The lowest BCUT2D eigenvalue weighted by Gasteiger charge is -2.23. The Hall–Kier alpha value is -1.32. The Bertz CT molecular complexity index is 579. The highest BCUT2D eigenvalue weighted by atomic mass is 79.9. The lowest BCUT2D eigenvalue weighted by atomic mass is 9.99. The molecule has 2 aromatic carbocycles. The number of hydrogen-bond donors (Lipinski definition) is 1. The van der Waals surface area contributed by atoms with E-state index in [1.165, 1.54) is 18.4 Å². The van der Waals surface area contributed by atoms with Gasteiger partial charge in [0.15, 0.2) is 0 Å². The van der Waals surface area contributed by atoms with Crippen LogP contribution in [0.2, 0.25) is 0 Å². The zero-order valence-corrected chi connectivity index (χ0v) is 13.6. The van der Waals surface area contributed by atoms with Crippen LogP contribution in [-0.2, 0) is 0 Å².